The van der Waals surface area contributed by atoms with E-state index in [1.807, 2.05) is 0 Å². The lowest BCUT2D eigenvalue weighted by Gasteiger charge is -2.11. The molecule has 0 atom stereocenters. The molecule has 0 aromatic heterocycles. The van der Waals surface area contributed by atoms with Crippen molar-refractivity contribution in [2.24, 2.45) is 0 Å². The molecule has 0 spiro atoms. The van der Waals surface area contributed by atoms with Crippen LogP contribution >= 0.6 is 0 Å². The zero-order valence-electron chi connectivity index (χ0n) is 8.86. The lowest BCUT2D eigenvalue weighted by molar-refractivity contribution is -0.254. The van der Waals surface area contributed by atoms with Gasteiger partial charge in [-0.3, -0.25) is 4.79 Å². The van der Waals surface area contributed by atoms with Gasteiger partial charge in [-0.1, -0.05) is 18.2 Å². The average Bonchev–Trinajstić information content (AvgIpc) is 2.27. The van der Waals surface area contributed by atoms with E-state index in [9.17, 15) is 14.7 Å². The molecule has 0 unspecified atom stereocenters. The first-order chi connectivity index (χ1) is 7.65. The second kappa shape index (κ2) is 5.87. The summed E-state index contributed by atoms with van der Waals surface area (Å²) in [6.45, 7) is 2.09. The Kier molecular flexibility index (Phi) is 4.47. The summed E-state index contributed by atoms with van der Waals surface area (Å²) in [5, 5.41) is 13.2. The second-order valence-corrected chi connectivity index (χ2v) is 3.02. The summed E-state index contributed by atoms with van der Waals surface area (Å²) < 4.78 is 4.89. The molecule has 1 N–H and O–H groups in total. The van der Waals surface area contributed by atoms with E-state index < -0.39 is 11.9 Å². The summed E-state index contributed by atoms with van der Waals surface area (Å²) in [6, 6.07) is 6.05. The number of para-hydroxylation sites is 1. The highest BCUT2D eigenvalue weighted by atomic mass is 16.5. The van der Waals surface area contributed by atoms with Crippen LogP contribution in [0.4, 0.5) is 5.69 Å². The number of ether oxygens (including phenoxy) is 1. The standard InChI is InChI=1S/C11H13NO4/c1-2-16-7-10(13)12-9-6-4-3-5-8(9)11(14)15/h3-6H,2,7H2,1H3,(H,12,13)(H,14,15)/p-1. The van der Waals surface area contributed by atoms with Crippen molar-refractivity contribution in [2.45, 2.75) is 6.92 Å². The number of carboxylic acids is 1. The van der Waals surface area contributed by atoms with Crippen LogP contribution in [0.5, 0.6) is 0 Å². The Bertz CT molecular complexity index is 389. The Hall–Kier alpha value is -1.88. The first-order valence-corrected chi connectivity index (χ1v) is 4.83. The van der Waals surface area contributed by atoms with Crippen molar-refractivity contribution >= 4 is 17.6 Å². The molecule has 0 fully saturated rings. The fourth-order valence-electron chi connectivity index (χ4n) is 1.15. The van der Waals surface area contributed by atoms with E-state index >= 15 is 0 Å². The number of anilines is 1. The lowest BCUT2D eigenvalue weighted by Crippen LogP contribution is -2.25. The molecular formula is C11H12NO4-. The smallest absolute Gasteiger partial charge is 0.250 e. The largest absolute Gasteiger partial charge is 0.545 e. The molecule has 1 aromatic carbocycles. The fraction of sp³-hybridized carbons (Fsp3) is 0.273. The van der Waals surface area contributed by atoms with E-state index in [4.69, 9.17) is 4.74 Å². The van der Waals surface area contributed by atoms with Gasteiger partial charge in [0.05, 0.1) is 5.97 Å². The minimum Gasteiger partial charge on any atom is -0.545 e. The van der Waals surface area contributed by atoms with Crippen LogP contribution in [0.2, 0.25) is 0 Å². The Morgan fingerprint density at radius 3 is 2.69 bits per heavy atom. The number of aromatic carboxylic acids is 1. The number of nitrogens with one attached hydrogen (secondary N) is 1. The summed E-state index contributed by atoms with van der Waals surface area (Å²) in [7, 11) is 0. The molecule has 5 heteroatoms. The van der Waals surface area contributed by atoms with E-state index in [1.165, 1.54) is 12.1 Å². The summed E-state index contributed by atoms with van der Waals surface area (Å²) >= 11 is 0. The van der Waals surface area contributed by atoms with Gasteiger partial charge < -0.3 is 20.0 Å². The van der Waals surface area contributed by atoms with Gasteiger partial charge in [0, 0.05) is 17.9 Å². The first kappa shape index (κ1) is 12.2. The van der Waals surface area contributed by atoms with Crippen LogP contribution in [0.1, 0.15) is 17.3 Å². The summed E-state index contributed by atoms with van der Waals surface area (Å²) in [5.74, 6) is -1.72. The van der Waals surface area contributed by atoms with Crippen molar-refractivity contribution in [3.63, 3.8) is 0 Å². The third-order valence-electron chi connectivity index (χ3n) is 1.86. The quantitative estimate of drug-likeness (QED) is 0.762. The summed E-state index contributed by atoms with van der Waals surface area (Å²) in [6.07, 6.45) is 0. The van der Waals surface area contributed by atoms with Crippen LogP contribution < -0.4 is 10.4 Å². The second-order valence-electron chi connectivity index (χ2n) is 3.02. The van der Waals surface area contributed by atoms with Gasteiger partial charge in [0.25, 0.3) is 0 Å². The lowest BCUT2D eigenvalue weighted by atomic mass is 10.2. The minimum absolute atomic E-state index is 0.0488. The highest BCUT2D eigenvalue weighted by Gasteiger charge is 2.06. The molecule has 0 aliphatic rings. The molecule has 16 heavy (non-hydrogen) atoms. The van der Waals surface area contributed by atoms with E-state index in [-0.39, 0.29) is 17.9 Å². The van der Waals surface area contributed by atoms with Crippen LogP contribution in [0.15, 0.2) is 24.3 Å². The average molecular weight is 222 g/mol. The van der Waals surface area contributed by atoms with E-state index in [0.717, 1.165) is 0 Å². The van der Waals surface area contributed by atoms with Crippen LogP contribution in [-0.2, 0) is 9.53 Å². The predicted molar refractivity (Wildman–Crippen MR) is 55.9 cm³/mol. The van der Waals surface area contributed by atoms with Gasteiger partial charge >= 0.3 is 0 Å². The topological polar surface area (TPSA) is 78.5 Å². The number of benzene rings is 1. The zero-order chi connectivity index (χ0) is 12.0. The highest BCUT2D eigenvalue weighted by Crippen LogP contribution is 2.13. The maximum atomic E-state index is 11.3. The SMILES string of the molecule is CCOCC(=O)Nc1ccccc1C(=O)[O-]. The summed E-state index contributed by atoms with van der Waals surface area (Å²) in [4.78, 5) is 22.0. The Labute approximate surface area is 93.0 Å². The van der Waals surface area contributed by atoms with E-state index in [1.54, 1.807) is 19.1 Å². The van der Waals surface area contributed by atoms with Crippen molar-refractivity contribution < 1.29 is 19.4 Å². The van der Waals surface area contributed by atoms with Gasteiger partial charge in [-0.2, -0.15) is 0 Å². The minimum atomic E-state index is -1.33. The van der Waals surface area contributed by atoms with Crippen LogP contribution in [-0.4, -0.2) is 25.1 Å². The maximum Gasteiger partial charge on any atom is 0.250 e. The molecule has 1 aromatic rings. The van der Waals surface area contributed by atoms with Gasteiger partial charge in [-0.25, -0.2) is 0 Å². The number of rotatable bonds is 5. The molecule has 0 radical (unpaired) electrons. The van der Waals surface area contributed by atoms with Gasteiger partial charge in [-0.05, 0) is 13.0 Å². The normalized spacial score (nSPS) is 9.81. The van der Waals surface area contributed by atoms with Crippen LogP contribution in [0.3, 0.4) is 0 Å². The molecule has 5 nitrogen and oxygen atoms in total. The Balaban J connectivity index is 2.73. The zero-order valence-corrected chi connectivity index (χ0v) is 8.86. The van der Waals surface area contributed by atoms with Gasteiger partial charge in [-0.15, -0.1) is 0 Å². The molecule has 0 saturated heterocycles. The molecule has 0 aliphatic carbocycles. The van der Waals surface area contributed by atoms with Gasteiger partial charge in [0.1, 0.15) is 6.61 Å². The molecule has 0 saturated carbocycles. The molecular weight excluding hydrogens is 210 g/mol. The fourth-order valence-corrected chi connectivity index (χ4v) is 1.15. The summed E-state index contributed by atoms with van der Waals surface area (Å²) in [5.41, 5.74) is 0.166. The predicted octanol–water partition coefficient (Wildman–Crippen LogP) is 0.0251. The third-order valence-corrected chi connectivity index (χ3v) is 1.86. The van der Waals surface area contributed by atoms with Crippen molar-refractivity contribution in [2.75, 3.05) is 18.5 Å². The molecule has 0 bridgehead atoms. The Morgan fingerprint density at radius 1 is 1.38 bits per heavy atom. The van der Waals surface area contributed by atoms with Crippen LogP contribution in [0.25, 0.3) is 0 Å². The van der Waals surface area contributed by atoms with Crippen molar-refractivity contribution in [3.8, 4) is 0 Å². The van der Waals surface area contributed by atoms with Crippen molar-refractivity contribution in [3.05, 3.63) is 29.8 Å². The monoisotopic (exact) mass is 222 g/mol. The first-order valence-electron chi connectivity index (χ1n) is 4.83. The maximum absolute atomic E-state index is 11.3. The number of carbonyl (C=O) groups excluding carboxylic acids is 2. The van der Waals surface area contributed by atoms with Crippen LogP contribution in [0, 0.1) is 0 Å². The third kappa shape index (κ3) is 3.36. The van der Waals surface area contributed by atoms with Gasteiger partial charge in [0.2, 0.25) is 5.91 Å². The molecule has 86 valence electrons. The molecule has 0 heterocycles. The van der Waals surface area contributed by atoms with Crippen molar-refractivity contribution in [1.82, 2.24) is 0 Å². The van der Waals surface area contributed by atoms with Gasteiger partial charge in [0.15, 0.2) is 0 Å². The number of carbonyl (C=O) groups is 2. The van der Waals surface area contributed by atoms with E-state index in [0.29, 0.717) is 6.61 Å². The Morgan fingerprint density at radius 2 is 2.06 bits per heavy atom. The van der Waals surface area contributed by atoms with Crippen molar-refractivity contribution in [1.29, 1.82) is 0 Å². The molecule has 0 aliphatic heterocycles. The van der Waals surface area contributed by atoms with E-state index in [2.05, 4.69) is 5.32 Å². The number of carboxylic acid groups (broad SMARTS) is 1. The molecule has 1 amide bonds. The number of hydrogen-bond donors (Lipinski definition) is 1. The molecule has 1 rings (SSSR count). The number of hydrogen-bond acceptors (Lipinski definition) is 4. The number of amides is 1. The highest BCUT2D eigenvalue weighted by molar-refractivity contribution is 6.00.